The van der Waals surface area contributed by atoms with Crippen molar-refractivity contribution in [3.63, 3.8) is 0 Å². The van der Waals surface area contributed by atoms with Crippen molar-refractivity contribution in [1.82, 2.24) is 4.98 Å². The highest BCUT2D eigenvalue weighted by molar-refractivity contribution is 9.10. The summed E-state index contributed by atoms with van der Waals surface area (Å²) in [7, 11) is 0. The molecule has 1 aromatic carbocycles. The summed E-state index contributed by atoms with van der Waals surface area (Å²) in [5.74, 6) is 0.573. The Labute approximate surface area is 127 Å². The van der Waals surface area contributed by atoms with Crippen LogP contribution in [0.4, 0.5) is 5.69 Å². The Morgan fingerprint density at radius 2 is 2.06 bits per heavy atom. The standard InChI is InChI=1S/C12H9Br2ClN2O/c13-7-1-2-9(17-5-7)6-18-12-10(14)3-8(15)4-11(12)16/h1-5H,6,16H2. The second kappa shape index (κ2) is 5.91. The molecule has 0 amide bonds. The van der Waals surface area contributed by atoms with E-state index in [1.165, 1.54) is 0 Å². The first-order chi connectivity index (χ1) is 8.56. The van der Waals surface area contributed by atoms with E-state index in [0.29, 0.717) is 23.1 Å². The molecule has 2 aromatic rings. The molecule has 6 heteroatoms. The van der Waals surface area contributed by atoms with Crippen LogP contribution < -0.4 is 10.5 Å². The molecule has 0 radical (unpaired) electrons. The van der Waals surface area contributed by atoms with Crippen molar-refractivity contribution in [2.45, 2.75) is 6.61 Å². The van der Waals surface area contributed by atoms with Crippen LogP contribution in [0.25, 0.3) is 0 Å². The van der Waals surface area contributed by atoms with Gasteiger partial charge in [-0.05, 0) is 56.1 Å². The molecule has 0 bridgehead atoms. The number of nitrogens with zero attached hydrogens (tertiary/aromatic N) is 1. The summed E-state index contributed by atoms with van der Waals surface area (Å²) in [6.45, 7) is 0.345. The van der Waals surface area contributed by atoms with Gasteiger partial charge in [0.25, 0.3) is 0 Å². The van der Waals surface area contributed by atoms with E-state index in [1.807, 2.05) is 12.1 Å². The molecular formula is C12H9Br2ClN2O. The molecule has 0 saturated heterocycles. The van der Waals surface area contributed by atoms with Gasteiger partial charge in [-0.25, -0.2) is 0 Å². The lowest BCUT2D eigenvalue weighted by atomic mass is 10.3. The minimum atomic E-state index is 0.345. The molecular weight excluding hydrogens is 383 g/mol. The number of rotatable bonds is 3. The van der Waals surface area contributed by atoms with Gasteiger partial charge >= 0.3 is 0 Å². The van der Waals surface area contributed by atoms with Crippen LogP contribution in [0.5, 0.6) is 5.75 Å². The lowest BCUT2D eigenvalue weighted by molar-refractivity contribution is 0.301. The Bertz CT molecular complexity index is 537. The number of hydrogen-bond acceptors (Lipinski definition) is 3. The number of ether oxygens (including phenoxy) is 1. The maximum Gasteiger partial charge on any atom is 0.157 e. The van der Waals surface area contributed by atoms with Crippen LogP contribution in [0.3, 0.4) is 0 Å². The van der Waals surface area contributed by atoms with Crippen LogP contribution in [0.2, 0.25) is 5.02 Å². The zero-order chi connectivity index (χ0) is 13.1. The fourth-order valence-corrected chi connectivity index (χ4v) is 2.55. The number of nitrogens with two attached hydrogens (primary N) is 1. The maximum atomic E-state index is 5.87. The molecule has 0 fully saturated rings. The lowest BCUT2D eigenvalue weighted by Crippen LogP contribution is -2.01. The Morgan fingerprint density at radius 1 is 1.28 bits per heavy atom. The van der Waals surface area contributed by atoms with Gasteiger partial charge in [-0.1, -0.05) is 11.6 Å². The van der Waals surface area contributed by atoms with Crippen molar-refractivity contribution < 1.29 is 4.74 Å². The van der Waals surface area contributed by atoms with E-state index in [4.69, 9.17) is 22.1 Å². The predicted molar refractivity (Wildman–Crippen MR) is 79.8 cm³/mol. The molecule has 94 valence electrons. The molecule has 0 unspecified atom stereocenters. The largest absolute Gasteiger partial charge is 0.484 e. The number of benzene rings is 1. The normalized spacial score (nSPS) is 10.4. The van der Waals surface area contributed by atoms with Crippen LogP contribution in [-0.2, 0) is 6.61 Å². The van der Waals surface area contributed by atoms with E-state index >= 15 is 0 Å². The van der Waals surface area contributed by atoms with E-state index < -0.39 is 0 Å². The lowest BCUT2D eigenvalue weighted by Gasteiger charge is -2.11. The topological polar surface area (TPSA) is 48.1 Å². The molecule has 0 saturated carbocycles. The Morgan fingerprint density at radius 3 is 2.67 bits per heavy atom. The van der Waals surface area contributed by atoms with Crippen LogP contribution >= 0.6 is 43.5 Å². The third kappa shape index (κ3) is 3.37. The van der Waals surface area contributed by atoms with E-state index in [-0.39, 0.29) is 0 Å². The fourth-order valence-electron chi connectivity index (χ4n) is 1.37. The average Bonchev–Trinajstić information content (AvgIpc) is 2.30. The fraction of sp³-hybridized carbons (Fsp3) is 0.0833. The van der Waals surface area contributed by atoms with Gasteiger partial charge in [0.05, 0.1) is 15.9 Å². The van der Waals surface area contributed by atoms with Crippen molar-refractivity contribution >= 4 is 49.1 Å². The van der Waals surface area contributed by atoms with Crippen molar-refractivity contribution in [3.05, 3.63) is 50.1 Å². The van der Waals surface area contributed by atoms with Crippen LogP contribution in [0.15, 0.2) is 39.4 Å². The van der Waals surface area contributed by atoms with Gasteiger partial charge in [-0.2, -0.15) is 0 Å². The zero-order valence-electron chi connectivity index (χ0n) is 9.16. The molecule has 0 aliphatic carbocycles. The van der Waals surface area contributed by atoms with Crippen molar-refractivity contribution in [3.8, 4) is 5.75 Å². The van der Waals surface area contributed by atoms with Crippen molar-refractivity contribution in [2.24, 2.45) is 0 Å². The van der Waals surface area contributed by atoms with Gasteiger partial charge in [-0.3, -0.25) is 4.98 Å². The second-order valence-electron chi connectivity index (χ2n) is 3.56. The predicted octanol–water partition coefficient (Wildman–Crippen LogP) is 4.42. The van der Waals surface area contributed by atoms with E-state index in [9.17, 15) is 0 Å². The molecule has 0 atom stereocenters. The first-order valence-corrected chi connectivity index (χ1v) is 7.00. The third-order valence-electron chi connectivity index (χ3n) is 2.19. The highest BCUT2D eigenvalue weighted by atomic mass is 79.9. The monoisotopic (exact) mass is 390 g/mol. The van der Waals surface area contributed by atoms with E-state index in [2.05, 4.69) is 36.8 Å². The van der Waals surface area contributed by atoms with Gasteiger partial charge in [0, 0.05) is 15.7 Å². The highest BCUT2D eigenvalue weighted by Gasteiger charge is 2.08. The number of anilines is 1. The van der Waals surface area contributed by atoms with Crippen LogP contribution in [-0.4, -0.2) is 4.98 Å². The molecule has 1 aromatic heterocycles. The molecule has 2 N–H and O–H groups in total. The molecule has 0 aliphatic rings. The Balaban J connectivity index is 2.13. The molecule has 18 heavy (non-hydrogen) atoms. The smallest absolute Gasteiger partial charge is 0.157 e. The molecule has 1 heterocycles. The van der Waals surface area contributed by atoms with Gasteiger partial charge in [0.1, 0.15) is 6.61 Å². The minimum absolute atomic E-state index is 0.345. The zero-order valence-corrected chi connectivity index (χ0v) is 13.1. The molecule has 0 spiro atoms. The first kappa shape index (κ1) is 13.6. The summed E-state index contributed by atoms with van der Waals surface area (Å²) in [6.07, 6.45) is 1.72. The van der Waals surface area contributed by atoms with Crippen molar-refractivity contribution in [2.75, 3.05) is 5.73 Å². The van der Waals surface area contributed by atoms with Crippen molar-refractivity contribution in [1.29, 1.82) is 0 Å². The number of nitrogen functional groups attached to an aromatic ring is 1. The molecule has 3 nitrogen and oxygen atoms in total. The summed E-state index contributed by atoms with van der Waals surface area (Å²) >= 11 is 12.6. The van der Waals surface area contributed by atoms with Gasteiger partial charge in [-0.15, -0.1) is 0 Å². The maximum absolute atomic E-state index is 5.87. The SMILES string of the molecule is Nc1cc(Cl)cc(Br)c1OCc1ccc(Br)cn1. The van der Waals surface area contributed by atoms with E-state index in [1.54, 1.807) is 18.3 Å². The third-order valence-corrected chi connectivity index (χ3v) is 3.47. The quantitative estimate of drug-likeness (QED) is 0.787. The van der Waals surface area contributed by atoms with E-state index in [0.717, 1.165) is 14.6 Å². The number of hydrogen-bond donors (Lipinski definition) is 1. The Hall–Kier alpha value is -0.780. The highest BCUT2D eigenvalue weighted by Crippen LogP contribution is 2.34. The average molecular weight is 392 g/mol. The summed E-state index contributed by atoms with van der Waals surface area (Å²) < 4.78 is 7.30. The van der Waals surface area contributed by atoms with Crippen LogP contribution in [0.1, 0.15) is 5.69 Å². The Kier molecular flexibility index (Phi) is 4.48. The van der Waals surface area contributed by atoms with Crippen LogP contribution in [0, 0.1) is 0 Å². The number of pyridine rings is 1. The summed E-state index contributed by atoms with van der Waals surface area (Å²) in [5, 5.41) is 0.563. The summed E-state index contributed by atoms with van der Waals surface area (Å²) in [6, 6.07) is 7.18. The van der Waals surface area contributed by atoms with Gasteiger partial charge in [0.15, 0.2) is 5.75 Å². The van der Waals surface area contributed by atoms with Gasteiger partial charge in [0.2, 0.25) is 0 Å². The van der Waals surface area contributed by atoms with Gasteiger partial charge < -0.3 is 10.5 Å². The molecule has 0 aliphatic heterocycles. The number of aromatic nitrogens is 1. The number of halogens is 3. The first-order valence-electron chi connectivity index (χ1n) is 5.04. The minimum Gasteiger partial charge on any atom is -0.484 e. The molecule has 2 rings (SSSR count). The second-order valence-corrected chi connectivity index (χ2v) is 5.77. The summed E-state index contributed by atoms with van der Waals surface area (Å²) in [4.78, 5) is 4.22. The summed E-state index contributed by atoms with van der Waals surface area (Å²) in [5.41, 5.74) is 7.15.